The van der Waals surface area contributed by atoms with Crippen LogP contribution in [-0.4, -0.2) is 26.7 Å². The Kier molecular flexibility index (Phi) is 4.34. The van der Waals surface area contributed by atoms with Crippen molar-refractivity contribution in [2.75, 3.05) is 5.32 Å². The molecule has 6 heteroatoms. The Morgan fingerprint density at radius 3 is 2.71 bits per heavy atom. The lowest BCUT2D eigenvalue weighted by molar-refractivity contribution is -0.137. The Bertz CT molecular complexity index is 570. The molecule has 1 heterocycles. The van der Waals surface area contributed by atoms with Crippen LogP contribution in [0.3, 0.4) is 0 Å². The predicted octanol–water partition coefficient (Wildman–Crippen LogP) is 2.27. The van der Waals surface area contributed by atoms with Crippen LogP contribution in [0.4, 0.5) is 5.82 Å². The molecule has 2 rings (SSSR count). The number of hydrogen-bond donors (Lipinski definition) is 2. The number of aliphatic carboxylic acids is 1. The standard InChI is InChI=1S/C15H23N3O3/c1-15(2,3)9-10(8-12(19)20)17-13-14(21)18(7-6-16-13)11-4-5-11/h6-7,10-11H,4-5,8-9H2,1-3H3,(H,16,17)(H,19,20). The molecule has 0 bridgehead atoms. The van der Waals surface area contributed by atoms with Crippen LogP contribution >= 0.6 is 0 Å². The lowest BCUT2D eigenvalue weighted by Gasteiger charge is -2.26. The van der Waals surface area contributed by atoms with E-state index in [1.165, 1.54) is 0 Å². The molecule has 0 amide bonds. The summed E-state index contributed by atoms with van der Waals surface area (Å²) in [7, 11) is 0. The first kappa shape index (κ1) is 15.5. The quantitative estimate of drug-likeness (QED) is 0.840. The van der Waals surface area contributed by atoms with Crippen molar-refractivity contribution in [1.29, 1.82) is 0 Å². The highest BCUT2D eigenvalue weighted by molar-refractivity contribution is 5.68. The number of hydrogen-bond acceptors (Lipinski definition) is 4. The summed E-state index contributed by atoms with van der Waals surface area (Å²) in [5.74, 6) is -0.630. The van der Waals surface area contributed by atoms with Gasteiger partial charge in [-0.2, -0.15) is 0 Å². The molecule has 1 fully saturated rings. The van der Waals surface area contributed by atoms with Crippen LogP contribution in [-0.2, 0) is 4.79 Å². The van der Waals surface area contributed by atoms with Crippen LogP contribution in [0, 0.1) is 5.41 Å². The number of carbonyl (C=O) groups is 1. The fourth-order valence-corrected chi connectivity index (χ4v) is 2.48. The second kappa shape index (κ2) is 5.87. The number of anilines is 1. The van der Waals surface area contributed by atoms with Crippen LogP contribution < -0.4 is 10.9 Å². The van der Waals surface area contributed by atoms with Gasteiger partial charge >= 0.3 is 5.97 Å². The SMILES string of the molecule is CC(C)(C)CC(CC(=O)O)Nc1nccn(C2CC2)c1=O. The third-order valence-corrected chi connectivity index (χ3v) is 3.43. The minimum atomic E-state index is -0.879. The molecule has 0 aromatic carbocycles. The monoisotopic (exact) mass is 293 g/mol. The summed E-state index contributed by atoms with van der Waals surface area (Å²) in [4.78, 5) is 27.4. The number of carboxylic acid groups (broad SMARTS) is 1. The molecule has 116 valence electrons. The summed E-state index contributed by atoms with van der Waals surface area (Å²) in [6, 6.07) is -0.0284. The van der Waals surface area contributed by atoms with Gasteiger partial charge in [-0.25, -0.2) is 4.98 Å². The second-order valence-electron chi connectivity index (χ2n) is 6.92. The molecule has 0 radical (unpaired) electrons. The Morgan fingerprint density at radius 1 is 1.52 bits per heavy atom. The number of nitrogens with zero attached hydrogens (tertiary/aromatic N) is 2. The maximum Gasteiger partial charge on any atom is 0.305 e. The Morgan fingerprint density at radius 2 is 2.19 bits per heavy atom. The molecule has 1 atom stereocenters. The van der Waals surface area contributed by atoms with E-state index in [0.717, 1.165) is 12.8 Å². The maximum absolute atomic E-state index is 12.3. The smallest absolute Gasteiger partial charge is 0.305 e. The van der Waals surface area contributed by atoms with Crippen molar-refractivity contribution >= 4 is 11.8 Å². The molecule has 1 aromatic rings. The fourth-order valence-electron chi connectivity index (χ4n) is 2.48. The zero-order valence-electron chi connectivity index (χ0n) is 12.8. The van der Waals surface area contributed by atoms with Gasteiger partial charge in [-0.1, -0.05) is 20.8 Å². The lowest BCUT2D eigenvalue weighted by Crippen LogP contribution is -2.33. The van der Waals surface area contributed by atoms with E-state index in [9.17, 15) is 9.59 Å². The minimum Gasteiger partial charge on any atom is -0.481 e. The maximum atomic E-state index is 12.3. The first-order chi connectivity index (χ1) is 9.76. The van der Waals surface area contributed by atoms with E-state index in [2.05, 4.69) is 10.3 Å². The fraction of sp³-hybridized carbons (Fsp3) is 0.667. The summed E-state index contributed by atoms with van der Waals surface area (Å²) < 4.78 is 1.68. The van der Waals surface area contributed by atoms with Crippen molar-refractivity contribution in [1.82, 2.24) is 9.55 Å². The van der Waals surface area contributed by atoms with E-state index in [0.29, 0.717) is 6.42 Å². The van der Waals surface area contributed by atoms with Gasteiger partial charge in [-0.3, -0.25) is 9.59 Å². The van der Waals surface area contributed by atoms with E-state index in [4.69, 9.17) is 5.11 Å². The molecule has 6 nitrogen and oxygen atoms in total. The highest BCUT2D eigenvalue weighted by Crippen LogP contribution is 2.33. The van der Waals surface area contributed by atoms with Gasteiger partial charge in [0.1, 0.15) is 0 Å². The van der Waals surface area contributed by atoms with Gasteiger partial charge in [0.05, 0.1) is 6.42 Å². The summed E-state index contributed by atoms with van der Waals surface area (Å²) in [5.41, 5.74) is -0.193. The summed E-state index contributed by atoms with van der Waals surface area (Å²) >= 11 is 0. The van der Waals surface area contributed by atoms with Crippen molar-refractivity contribution in [3.05, 3.63) is 22.7 Å². The molecule has 2 N–H and O–H groups in total. The molecular weight excluding hydrogens is 270 g/mol. The van der Waals surface area contributed by atoms with Crippen LogP contribution in [0.1, 0.15) is 52.5 Å². The van der Waals surface area contributed by atoms with Gasteiger partial charge in [0.25, 0.3) is 5.56 Å². The largest absolute Gasteiger partial charge is 0.481 e. The minimum absolute atomic E-state index is 0.0303. The molecule has 0 aliphatic heterocycles. The summed E-state index contributed by atoms with van der Waals surface area (Å²) in [6.45, 7) is 6.14. The first-order valence-corrected chi connectivity index (χ1v) is 7.32. The van der Waals surface area contributed by atoms with Crippen molar-refractivity contribution in [3.8, 4) is 0 Å². The van der Waals surface area contributed by atoms with E-state index in [-0.39, 0.29) is 35.3 Å². The third-order valence-electron chi connectivity index (χ3n) is 3.43. The third kappa shape index (κ3) is 4.58. The van der Waals surface area contributed by atoms with Crippen LogP contribution in [0.15, 0.2) is 17.2 Å². The zero-order valence-corrected chi connectivity index (χ0v) is 12.8. The van der Waals surface area contributed by atoms with Gasteiger partial charge in [-0.15, -0.1) is 0 Å². The van der Waals surface area contributed by atoms with Crippen LogP contribution in [0.5, 0.6) is 0 Å². The van der Waals surface area contributed by atoms with E-state index < -0.39 is 5.97 Å². The molecule has 0 spiro atoms. The highest BCUT2D eigenvalue weighted by atomic mass is 16.4. The second-order valence-corrected chi connectivity index (χ2v) is 6.92. The van der Waals surface area contributed by atoms with Gasteiger partial charge in [-0.05, 0) is 24.7 Å². The number of aromatic nitrogens is 2. The molecule has 21 heavy (non-hydrogen) atoms. The molecule has 1 aliphatic carbocycles. The van der Waals surface area contributed by atoms with Gasteiger partial charge in [0, 0.05) is 24.5 Å². The molecular formula is C15H23N3O3. The zero-order chi connectivity index (χ0) is 15.6. The highest BCUT2D eigenvalue weighted by Gasteiger charge is 2.27. The van der Waals surface area contributed by atoms with Crippen molar-refractivity contribution in [2.45, 2.75) is 58.5 Å². The Labute approximate surface area is 124 Å². The topological polar surface area (TPSA) is 84.2 Å². The summed E-state index contributed by atoms with van der Waals surface area (Å²) in [6.07, 6.45) is 5.95. The Hall–Kier alpha value is -1.85. The molecule has 1 saturated carbocycles. The molecule has 1 aliphatic rings. The van der Waals surface area contributed by atoms with E-state index >= 15 is 0 Å². The summed E-state index contributed by atoms with van der Waals surface area (Å²) in [5, 5.41) is 12.1. The predicted molar refractivity (Wildman–Crippen MR) is 80.5 cm³/mol. The number of rotatable bonds is 6. The van der Waals surface area contributed by atoms with E-state index in [1.54, 1.807) is 17.0 Å². The molecule has 0 saturated heterocycles. The number of carboxylic acids is 1. The normalized spacial score (nSPS) is 16.5. The van der Waals surface area contributed by atoms with Gasteiger partial charge in [0.2, 0.25) is 0 Å². The van der Waals surface area contributed by atoms with Crippen molar-refractivity contribution in [3.63, 3.8) is 0 Å². The lowest BCUT2D eigenvalue weighted by atomic mass is 9.87. The van der Waals surface area contributed by atoms with Gasteiger partial charge in [0.15, 0.2) is 5.82 Å². The van der Waals surface area contributed by atoms with Crippen LogP contribution in [0.25, 0.3) is 0 Å². The first-order valence-electron chi connectivity index (χ1n) is 7.32. The van der Waals surface area contributed by atoms with Crippen LogP contribution in [0.2, 0.25) is 0 Å². The average Bonchev–Trinajstić information content (AvgIpc) is 3.12. The van der Waals surface area contributed by atoms with Crippen molar-refractivity contribution in [2.24, 2.45) is 5.41 Å². The van der Waals surface area contributed by atoms with E-state index in [1.807, 2.05) is 20.8 Å². The Balaban J connectivity index is 2.17. The number of nitrogens with one attached hydrogen (secondary N) is 1. The average molecular weight is 293 g/mol. The molecule has 1 unspecified atom stereocenters. The van der Waals surface area contributed by atoms with Crippen molar-refractivity contribution < 1.29 is 9.90 Å². The molecule has 1 aromatic heterocycles. The van der Waals surface area contributed by atoms with Gasteiger partial charge < -0.3 is 15.0 Å².